The van der Waals surface area contributed by atoms with Gasteiger partial charge in [0.1, 0.15) is 5.52 Å². The summed E-state index contributed by atoms with van der Waals surface area (Å²) >= 11 is 7.45. The fraction of sp³-hybridized carbons (Fsp3) is 0.429. The minimum absolute atomic E-state index is 0.00976. The van der Waals surface area contributed by atoms with E-state index >= 15 is 0 Å². The van der Waals surface area contributed by atoms with Crippen LogP contribution in [-0.2, 0) is 9.53 Å². The highest BCUT2D eigenvalue weighted by molar-refractivity contribution is 7.99. The average Bonchev–Trinajstić information content (AvgIpc) is 2.86. The van der Waals surface area contributed by atoms with Crippen LogP contribution in [0.5, 0.6) is 0 Å². The first kappa shape index (κ1) is 14.7. The highest BCUT2D eigenvalue weighted by Gasteiger charge is 2.23. The van der Waals surface area contributed by atoms with Crippen molar-refractivity contribution in [3.63, 3.8) is 0 Å². The molecule has 21 heavy (non-hydrogen) atoms. The van der Waals surface area contributed by atoms with E-state index in [4.69, 9.17) is 21.4 Å². The van der Waals surface area contributed by atoms with E-state index < -0.39 is 5.97 Å². The average molecular weight is 327 g/mol. The number of halogens is 1. The second-order valence-corrected chi connectivity index (χ2v) is 6.25. The fourth-order valence-electron chi connectivity index (χ4n) is 2.59. The Hall–Kier alpha value is -1.24. The van der Waals surface area contributed by atoms with Gasteiger partial charge in [0.05, 0.1) is 16.3 Å². The quantitative estimate of drug-likeness (QED) is 0.874. The van der Waals surface area contributed by atoms with Gasteiger partial charge in [-0.25, -0.2) is 4.98 Å². The van der Waals surface area contributed by atoms with Gasteiger partial charge in [-0.15, -0.1) is 0 Å². The van der Waals surface area contributed by atoms with Crippen molar-refractivity contribution in [2.45, 2.75) is 24.0 Å². The lowest BCUT2D eigenvalue weighted by atomic mass is 10.1. The molecule has 5 nitrogen and oxygen atoms in total. The lowest BCUT2D eigenvalue weighted by Gasteiger charge is -2.25. The Morgan fingerprint density at radius 2 is 2.24 bits per heavy atom. The van der Waals surface area contributed by atoms with E-state index in [9.17, 15) is 4.79 Å². The third-order valence-electron chi connectivity index (χ3n) is 3.52. The van der Waals surface area contributed by atoms with Crippen LogP contribution in [0.1, 0.15) is 18.9 Å². The molecule has 1 aliphatic heterocycles. The topological polar surface area (TPSA) is 64.3 Å². The molecule has 2 heterocycles. The summed E-state index contributed by atoms with van der Waals surface area (Å²) in [6.07, 6.45) is 1.80. The van der Waals surface area contributed by atoms with Crippen LogP contribution in [0.4, 0.5) is 0 Å². The number of para-hydroxylation sites is 1. The predicted octanol–water partition coefficient (Wildman–Crippen LogP) is 3.22. The number of imidazole rings is 1. The highest BCUT2D eigenvalue weighted by Crippen LogP contribution is 2.34. The molecule has 7 heteroatoms. The molecule has 0 amide bonds. The zero-order valence-electron chi connectivity index (χ0n) is 11.3. The SMILES string of the molecule is O=C(O)CSc1nc2c(Cl)cccc2n1C1CCOCC1. The Kier molecular flexibility index (Phi) is 4.37. The summed E-state index contributed by atoms with van der Waals surface area (Å²) in [5.41, 5.74) is 1.70. The van der Waals surface area contributed by atoms with Gasteiger partial charge in [0.2, 0.25) is 0 Å². The molecule has 1 aromatic carbocycles. The van der Waals surface area contributed by atoms with Gasteiger partial charge in [0.25, 0.3) is 0 Å². The number of carboxylic acids is 1. The van der Waals surface area contributed by atoms with Gasteiger partial charge in [-0.2, -0.15) is 0 Å². The number of hydrogen-bond donors (Lipinski definition) is 1. The minimum Gasteiger partial charge on any atom is -0.481 e. The Morgan fingerprint density at radius 3 is 2.95 bits per heavy atom. The molecule has 0 spiro atoms. The molecule has 0 unspecified atom stereocenters. The zero-order chi connectivity index (χ0) is 14.8. The molecule has 0 atom stereocenters. The molecule has 2 aromatic rings. The molecule has 1 saturated heterocycles. The van der Waals surface area contributed by atoms with Crippen LogP contribution >= 0.6 is 23.4 Å². The first-order chi connectivity index (χ1) is 10.2. The lowest BCUT2D eigenvalue weighted by Crippen LogP contribution is -2.20. The van der Waals surface area contributed by atoms with E-state index in [2.05, 4.69) is 9.55 Å². The van der Waals surface area contributed by atoms with Crippen molar-refractivity contribution in [1.29, 1.82) is 0 Å². The largest absolute Gasteiger partial charge is 0.481 e. The number of fused-ring (bicyclic) bond motifs is 1. The summed E-state index contributed by atoms with van der Waals surface area (Å²) in [7, 11) is 0. The number of carbonyl (C=O) groups is 1. The second kappa shape index (κ2) is 6.25. The molecule has 3 rings (SSSR count). The first-order valence-electron chi connectivity index (χ1n) is 6.75. The summed E-state index contributed by atoms with van der Waals surface area (Å²) in [6, 6.07) is 5.96. The van der Waals surface area contributed by atoms with Crippen LogP contribution in [0.3, 0.4) is 0 Å². The van der Waals surface area contributed by atoms with Gasteiger partial charge in [0, 0.05) is 19.3 Å². The summed E-state index contributed by atoms with van der Waals surface area (Å²) in [5, 5.41) is 10.2. The summed E-state index contributed by atoms with van der Waals surface area (Å²) in [5.74, 6) is -0.860. The molecule has 1 aliphatic rings. The summed E-state index contributed by atoms with van der Waals surface area (Å²) in [6.45, 7) is 1.43. The highest BCUT2D eigenvalue weighted by atomic mass is 35.5. The van der Waals surface area contributed by atoms with Crippen LogP contribution in [0.15, 0.2) is 23.4 Å². The zero-order valence-corrected chi connectivity index (χ0v) is 12.9. The van der Waals surface area contributed by atoms with E-state index in [1.54, 1.807) is 6.07 Å². The van der Waals surface area contributed by atoms with Gasteiger partial charge in [-0.1, -0.05) is 29.4 Å². The standard InChI is InChI=1S/C14H15ClN2O3S/c15-10-2-1-3-11-13(10)16-14(21-8-12(18)19)17(11)9-4-6-20-7-5-9/h1-3,9H,4-8H2,(H,18,19). The van der Waals surface area contributed by atoms with Crippen molar-refractivity contribution in [1.82, 2.24) is 9.55 Å². The van der Waals surface area contributed by atoms with Crippen LogP contribution < -0.4 is 0 Å². The normalized spacial score (nSPS) is 16.4. The number of thioether (sulfide) groups is 1. The number of rotatable bonds is 4. The molecule has 1 aromatic heterocycles. The minimum atomic E-state index is -0.850. The molecule has 0 bridgehead atoms. The molecule has 1 N–H and O–H groups in total. The molecule has 0 saturated carbocycles. The summed E-state index contributed by atoms with van der Waals surface area (Å²) in [4.78, 5) is 15.4. The van der Waals surface area contributed by atoms with Crippen molar-refractivity contribution in [3.05, 3.63) is 23.2 Å². The van der Waals surface area contributed by atoms with Crippen LogP contribution in [-0.4, -0.2) is 39.6 Å². The van der Waals surface area contributed by atoms with Gasteiger partial charge >= 0.3 is 5.97 Å². The number of nitrogens with zero attached hydrogens (tertiary/aromatic N) is 2. The third kappa shape index (κ3) is 3.02. The van der Waals surface area contributed by atoms with Gasteiger partial charge < -0.3 is 14.4 Å². The van der Waals surface area contributed by atoms with Crippen molar-refractivity contribution in [2.24, 2.45) is 0 Å². The van der Waals surface area contributed by atoms with E-state index in [1.807, 2.05) is 12.1 Å². The number of aromatic nitrogens is 2. The molecular formula is C14H15ClN2O3S. The van der Waals surface area contributed by atoms with E-state index in [-0.39, 0.29) is 11.8 Å². The first-order valence-corrected chi connectivity index (χ1v) is 8.12. The Labute approximate surface area is 131 Å². The van der Waals surface area contributed by atoms with Gasteiger partial charge in [-0.3, -0.25) is 4.79 Å². The van der Waals surface area contributed by atoms with Crippen molar-refractivity contribution in [2.75, 3.05) is 19.0 Å². The van der Waals surface area contributed by atoms with Gasteiger partial charge in [0.15, 0.2) is 5.16 Å². The van der Waals surface area contributed by atoms with E-state index in [0.29, 0.717) is 23.4 Å². The number of hydrogen-bond acceptors (Lipinski definition) is 4. The van der Waals surface area contributed by atoms with E-state index in [0.717, 1.165) is 23.9 Å². The molecule has 0 radical (unpaired) electrons. The number of ether oxygens (including phenoxy) is 1. The number of benzene rings is 1. The van der Waals surface area contributed by atoms with Crippen LogP contribution in [0, 0.1) is 0 Å². The lowest BCUT2D eigenvalue weighted by molar-refractivity contribution is -0.133. The maximum absolute atomic E-state index is 10.8. The maximum Gasteiger partial charge on any atom is 0.313 e. The molecule has 112 valence electrons. The van der Waals surface area contributed by atoms with Crippen LogP contribution in [0.25, 0.3) is 11.0 Å². The molecule has 0 aliphatic carbocycles. The molecular weight excluding hydrogens is 312 g/mol. The van der Waals surface area contributed by atoms with Crippen LogP contribution in [0.2, 0.25) is 5.02 Å². The Balaban J connectivity index is 2.06. The van der Waals surface area contributed by atoms with Crippen molar-refractivity contribution < 1.29 is 14.6 Å². The third-order valence-corrected chi connectivity index (χ3v) is 4.76. The van der Waals surface area contributed by atoms with Gasteiger partial charge in [-0.05, 0) is 25.0 Å². The van der Waals surface area contributed by atoms with Crippen molar-refractivity contribution in [3.8, 4) is 0 Å². The second-order valence-electron chi connectivity index (χ2n) is 4.90. The smallest absolute Gasteiger partial charge is 0.313 e. The number of carboxylic acid groups (broad SMARTS) is 1. The fourth-order valence-corrected chi connectivity index (χ4v) is 3.59. The predicted molar refractivity (Wildman–Crippen MR) is 82.2 cm³/mol. The molecule has 1 fully saturated rings. The summed E-state index contributed by atoms with van der Waals surface area (Å²) < 4.78 is 7.53. The van der Waals surface area contributed by atoms with Crippen molar-refractivity contribution >= 4 is 40.4 Å². The Morgan fingerprint density at radius 1 is 1.48 bits per heavy atom. The van der Waals surface area contributed by atoms with E-state index in [1.165, 1.54) is 11.8 Å². The monoisotopic (exact) mass is 326 g/mol. The maximum atomic E-state index is 10.8. The number of aliphatic carboxylic acids is 1. The Bertz CT molecular complexity index is 668.